The molecular formula is C16H17N3OS. The molecule has 0 aliphatic carbocycles. The number of ether oxygens (including phenoxy) is 1. The van der Waals surface area contributed by atoms with Gasteiger partial charge in [-0.15, -0.1) is 0 Å². The van der Waals surface area contributed by atoms with Gasteiger partial charge in [-0.3, -0.25) is 5.43 Å². The zero-order chi connectivity index (χ0) is 15.1. The van der Waals surface area contributed by atoms with Gasteiger partial charge < -0.3 is 10.5 Å². The van der Waals surface area contributed by atoms with Gasteiger partial charge in [0.2, 0.25) is 0 Å². The minimum atomic E-state index is 0.144. The van der Waals surface area contributed by atoms with Crippen LogP contribution in [0.3, 0.4) is 0 Å². The van der Waals surface area contributed by atoms with E-state index in [2.05, 4.69) is 22.7 Å². The first-order chi connectivity index (χ1) is 10.1. The van der Waals surface area contributed by atoms with Crippen molar-refractivity contribution < 1.29 is 4.74 Å². The SMILES string of the molecule is Cc1cc(C=NNC(N)=S)ccc1OCc1ccccc1. The number of benzene rings is 2. The van der Waals surface area contributed by atoms with Crippen LogP contribution in [0.25, 0.3) is 0 Å². The van der Waals surface area contributed by atoms with Gasteiger partial charge in [-0.2, -0.15) is 5.10 Å². The predicted molar refractivity (Wildman–Crippen MR) is 89.5 cm³/mol. The molecule has 0 aromatic heterocycles. The largest absolute Gasteiger partial charge is 0.489 e. The van der Waals surface area contributed by atoms with Crippen LogP contribution in [-0.2, 0) is 6.61 Å². The van der Waals surface area contributed by atoms with Crippen LogP contribution in [0.4, 0.5) is 0 Å². The molecule has 2 aromatic carbocycles. The van der Waals surface area contributed by atoms with Crippen LogP contribution in [0.2, 0.25) is 0 Å². The fourth-order valence-electron chi connectivity index (χ4n) is 1.82. The highest BCUT2D eigenvalue weighted by molar-refractivity contribution is 7.80. The van der Waals surface area contributed by atoms with Gasteiger partial charge in [0.1, 0.15) is 12.4 Å². The molecule has 0 saturated carbocycles. The van der Waals surface area contributed by atoms with Crippen molar-refractivity contribution >= 4 is 23.5 Å². The fourth-order valence-corrected chi connectivity index (χ4v) is 1.87. The van der Waals surface area contributed by atoms with Gasteiger partial charge in [-0.1, -0.05) is 30.3 Å². The highest BCUT2D eigenvalue weighted by atomic mass is 32.1. The smallest absolute Gasteiger partial charge is 0.184 e. The predicted octanol–water partition coefficient (Wildman–Crippen LogP) is 2.74. The van der Waals surface area contributed by atoms with E-state index in [1.54, 1.807) is 6.21 Å². The van der Waals surface area contributed by atoms with E-state index in [4.69, 9.17) is 10.5 Å². The molecule has 0 bridgehead atoms. The molecule has 0 spiro atoms. The van der Waals surface area contributed by atoms with E-state index in [-0.39, 0.29) is 5.11 Å². The second-order valence-corrected chi connectivity index (χ2v) is 4.97. The van der Waals surface area contributed by atoms with Crippen molar-refractivity contribution in [1.82, 2.24) is 5.43 Å². The Hall–Kier alpha value is -2.40. The van der Waals surface area contributed by atoms with Gasteiger partial charge in [0, 0.05) is 0 Å². The van der Waals surface area contributed by atoms with E-state index >= 15 is 0 Å². The van der Waals surface area contributed by atoms with Gasteiger partial charge >= 0.3 is 0 Å². The van der Waals surface area contributed by atoms with Gasteiger partial charge in [-0.25, -0.2) is 0 Å². The van der Waals surface area contributed by atoms with E-state index in [1.807, 2.05) is 55.5 Å². The van der Waals surface area contributed by atoms with Crippen LogP contribution in [-0.4, -0.2) is 11.3 Å². The molecule has 0 aliphatic rings. The summed E-state index contributed by atoms with van der Waals surface area (Å²) in [6, 6.07) is 15.9. The van der Waals surface area contributed by atoms with E-state index in [0.29, 0.717) is 6.61 Å². The molecule has 0 unspecified atom stereocenters. The lowest BCUT2D eigenvalue weighted by Crippen LogP contribution is -2.23. The van der Waals surface area contributed by atoms with Crippen LogP contribution in [0.5, 0.6) is 5.75 Å². The average molecular weight is 299 g/mol. The Bertz CT molecular complexity index is 641. The highest BCUT2D eigenvalue weighted by Gasteiger charge is 2.01. The molecule has 4 nitrogen and oxygen atoms in total. The molecule has 0 aliphatic heterocycles. The Morgan fingerprint density at radius 2 is 2.05 bits per heavy atom. The zero-order valence-corrected chi connectivity index (χ0v) is 12.6. The Morgan fingerprint density at radius 3 is 2.71 bits per heavy atom. The average Bonchev–Trinajstić information content (AvgIpc) is 2.47. The van der Waals surface area contributed by atoms with Gasteiger partial charge in [-0.05, 0) is 54.0 Å². The van der Waals surface area contributed by atoms with E-state index in [0.717, 1.165) is 22.4 Å². The van der Waals surface area contributed by atoms with Crippen LogP contribution in [0, 0.1) is 6.92 Å². The molecule has 0 atom stereocenters. The number of nitrogens with two attached hydrogens (primary N) is 1. The maximum atomic E-state index is 5.82. The lowest BCUT2D eigenvalue weighted by Gasteiger charge is -2.09. The summed E-state index contributed by atoms with van der Waals surface area (Å²) in [7, 11) is 0. The molecule has 0 heterocycles. The highest BCUT2D eigenvalue weighted by Crippen LogP contribution is 2.19. The normalized spacial score (nSPS) is 10.5. The first-order valence-corrected chi connectivity index (χ1v) is 6.92. The number of nitrogens with one attached hydrogen (secondary N) is 1. The first-order valence-electron chi connectivity index (χ1n) is 6.51. The summed E-state index contributed by atoms with van der Waals surface area (Å²) in [4.78, 5) is 0. The summed E-state index contributed by atoms with van der Waals surface area (Å²) in [5, 5.41) is 4.07. The van der Waals surface area contributed by atoms with Crippen molar-refractivity contribution in [1.29, 1.82) is 0 Å². The van der Waals surface area contributed by atoms with Crippen molar-refractivity contribution in [2.24, 2.45) is 10.8 Å². The van der Waals surface area contributed by atoms with Crippen molar-refractivity contribution in [2.45, 2.75) is 13.5 Å². The van der Waals surface area contributed by atoms with Crippen LogP contribution < -0.4 is 15.9 Å². The van der Waals surface area contributed by atoms with E-state index in [9.17, 15) is 0 Å². The minimum absolute atomic E-state index is 0.144. The Balaban J connectivity index is 1.99. The summed E-state index contributed by atoms with van der Waals surface area (Å²) in [5.41, 5.74) is 11.0. The molecule has 108 valence electrons. The summed E-state index contributed by atoms with van der Waals surface area (Å²) >= 11 is 4.67. The van der Waals surface area contributed by atoms with Crippen molar-refractivity contribution in [3.05, 3.63) is 65.2 Å². The number of hydrogen-bond acceptors (Lipinski definition) is 3. The maximum absolute atomic E-state index is 5.82. The first kappa shape index (κ1) is 15.0. The Kier molecular flexibility index (Phi) is 5.29. The van der Waals surface area contributed by atoms with Gasteiger partial charge in [0.25, 0.3) is 0 Å². The Morgan fingerprint density at radius 1 is 1.29 bits per heavy atom. The minimum Gasteiger partial charge on any atom is -0.489 e. The summed E-state index contributed by atoms with van der Waals surface area (Å²) < 4.78 is 5.82. The number of rotatable bonds is 5. The molecule has 0 radical (unpaired) electrons. The van der Waals surface area contributed by atoms with Crippen molar-refractivity contribution in [2.75, 3.05) is 0 Å². The Labute approximate surface area is 129 Å². The summed E-state index contributed by atoms with van der Waals surface area (Å²) in [5.74, 6) is 0.860. The second-order valence-electron chi connectivity index (χ2n) is 4.53. The fraction of sp³-hybridized carbons (Fsp3) is 0.125. The number of thiocarbonyl (C=S) groups is 1. The lowest BCUT2D eigenvalue weighted by atomic mass is 10.1. The molecule has 0 amide bonds. The number of hydrazone groups is 1. The molecule has 2 rings (SSSR count). The maximum Gasteiger partial charge on any atom is 0.184 e. The van der Waals surface area contributed by atoms with Crippen molar-refractivity contribution in [3.63, 3.8) is 0 Å². The second kappa shape index (κ2) is 7.40. The molecule has 2 aromatic rings. The van der Waals surface area contributed by atoms with Crippen LogP contribution >= 0.6 is 12.2 Å². The molecular weight excluding hydrogens is 282 g/mol. The molecule has 0 fully saturated rings. The standard InChI is InChI=1S/C16H17N3OS/c1-12-9-14(10-18-19-16(17)21)7-8-15(12)20-11-13-5-3-2-4-6-13/h2-10H,11H2,1H3,(H3,17,19,21). The van der Waals surface area contributed by atoms with Crippen LogP contribution in [0.1, 0.15) is 16.7 Å². The topological polar surface area (TPSA) is 59.6 Å². The summed E-state index contributed by atoms with van der Waals surface area (Å²) in [6.07, 6.45) is 1.66. The molecule has 0 saturated heterocycles. The summed E-state index contributed by atoms with van der Waals surface area (Å²) in [6.45, 7) is 2.55. The van der Waals surface area contributed by atoms with Gasteiger partial charge in [0.05, 0.1) is 6.21 Å². The third-order valence-corrected chi connectivity index (χ3v) is 2.92. The zero-order valence-electron chi connectivity index (χ0n) is 11.7. The third kappa shape index (κ3) is 4.89. The number of nitrogens with zero attached hydrogens (tertiary/aromatic N) is 1. The van der Waals surface area contributed by atoms with Crippen LogP contribution in [0.15, 0.2) is 53.6 Å². The number of hydrogen-bond donors (Lipinski definition) is 2. The molecule has 21 heavy (non-hydrogen) atoms. The molecule has 5 heteroatoms. The third-order valence-electron chi connectivity index (χ3n) is 2.82. The van der Waals surface area contributed by atoms with E-state index < -0.39 is 0 Å². The van der Waals surface area contributed by atoms with Crippen molar-refractivity contribution in [3.8, 4) is 5.75 Å². The van der Waals surface area contributed by atoms with Gasteiger partial charge in [0.15, 0.2) is 5.11 Å². The lowest BCUT2D eigenvalue weighted by molar-refractivity contribution is 0.304. The van der Waals surface area contributed by atoms with E-state index in [1.165, 1.54) is 0 Å². The quantitative estimate of drug-likeness (QED) is 0.506. The monoisotopic (exact) mass is 299 g/mol. The number of aryl methyl sites for hydroxylation is 1. The molecule has 3 N–H and O–H groups in total.